The number of rotatable bonds is 2. The highest BCUT2D eigenvalue weighted by atomic mass is 35.5. The lowest BCUT2D eigenvalue weighted by atomic mass is 9.94. The van der Waals surface area contributed by atoms with Gasteiger partial charge in [-0.2, -0.15) is 0 Å². The molecule has 0 aromatic heterocycles. The fourth-order valence-corrected chi connectivity index (χ4v) is 2.53. The van der Waals surface area contributed by atoms with Crippen molar-refractivity contribution in [3.63, 3.8) is 0 Å². The molecule has 0 aromatic rings. The van der Waals surface area contributed by atoms with E-state index in [-0.39, 0.29) is 0 Å². The molecule has 0 aromatic carbocycles. The van der Waals surface area contributed by atoms with Crippen molar-refractivity contribution in [1.82, 2.24) is 4.90 Å². The zero-order valence-corrected chi connectivity index (χ0v) is 7.92. The molecule has 3 nitrogen and oxygen atoms in total. The lowest BCUT2D eigenvalue weighted by molar-refractivity contribution is 0.210. The SMILES string of the molecule is CO/N=C(\Cl)C1CN2CCC1C2. The molecule has 0 saturated carbocycles. The molecular formula is C8H13ClN2O. The zero-order chi connectivity index (χ0) is 8.55. The van der Waals surface area contributed by atoms with Gasteiger partial charge in [-0.05, 0) is 18.9 Å². The molecule has 0 aliphatic carbocycles. The van der Waals surface area contributed by atoms with E-state index in [1.54, 1.807) is 0 Å². The number of hydrogen-bond acceptors (Lipinski definition) is 3. The number of piperidine rings is 1. The summed E-state index contributed by atoms with van der Waals surface area (Å²) in [6.45, 7) is 3.49. The Balaban J connectivity index is 2.02. The molecular weight excluding hydrogens is 176 g/mol. The molecule has 2 rings (SSSR count). The fraction of sp³-hybridized carbons (Fsp3) is 0.875. The van der Waals surface area contributed by atoms with E-state index in [2.05, 4.69) is 14.9 Å². The van der Waals surface area contributed by atoms with Gasteiger partial charge in [0.05, 0.1) is 0 Å². The molecule has 3 atom stereocenters. The van der Waals surface area contributed by atoms with Crippen molar-refractivity contribution >= 4 is 16.8 Å². The number of oxime groups is 1. The van der Waals surface area contributed by atoms with Crippen molar-refractivity contribution in [2.75, 3.05) is 26.7 Å². The average Bonchev–Trinajstić information content (AvgIpc) is 2.64. The van der Waals surface area contributed by atoms with Crippen LogP contribution in [-0.2, 0) is 4.84 Å². The van der Waals surface area contributed by atoms with Crippen LogP contribution in [-0.4, -0.2) is 36.8 Å². The van der Waals surface area contributed by atoms with Gasteiger partial charge in [0.25, 0.3) is 0 Å². The minimum Gasteiger partial charge on any atom is -0.398 e. The second-order valence-corrected chi connectivity index (χ2v) is 3.90. The van der Waals surface area contributed by atoms with Crippen LogP contribution in [0.1, 0.15) is 6.42 Å². The van der Waals surface area contributed by atoms with Crippen molar-refractivity contribution in [2.24, 2.45) is 17.0 Å². The van der Waals surface area contributed by atoms with Gasteiger partial charge in [0, 0.05) is 19.0 Å². The van der Waals surface area contributed by atoms with Gasteiger partial charge < -0.3 is 9.74 Å². The highest BCUT2D eigenvalue weighted by Gasteiger charge is 2.40. The minimum absolute atomic E-state index is 0.431. The minimum atomic E-state index is 0.431. The second-order valence-electron chi connectivity index (χ2n) is 3.51. The Morgan fingerprint density at radius 1 is 1.58 bits per heavy atom. The van der Waals surface area contributed by atoms with Crippen molar-refractivity contribution < 1.29 is 4.84 Å². The smallest absolute Gasteiger partial charge is 0.150 e. The maximum Gasteiger partial charge on any atom is 0.150 e. The van der Waals surface area contributed by atoms with Gasteiger partial charge in [-0.15, -0.1) is 0 Å². The third-order valence-electron chi connectivity index (χ3n) is 2.82. The molecule has 2 bridgehead atoms. The second kappa shape index (κ2) is 3.23. The fourth-order valence-electron chi connectivity index (χ4n) is 2.21. The van der Waals surface area contributed by atoms with Crippen LogP contribution in [0.3, 0.4) is 0 Å². The average molecular weight is 189 g/mol. The Kier molecular flexibility index (Phi) is 2.24. The summed E-state index contributed by atoms with van der Waals surface area (Å²) in [7, 11) is 1.54. The summed E-state index contributed by atoms with van der Waals surface area (Å²) in [6, 6.07) is 0. The van der Waals surface area contributed by atoms with Crippen LogP contribution < -0.4 is 0 Å². The zero-order valence-electron chi connectivity index (χ0n) is 7.16. The van der Waals surface area contributed by atoms with Gasteiger partial charge in [-0.1, -0.05) is 16.8 Å². The summed E-state index contributed by atoms with van der Waals surface area (Å²) in [5.74, 6) is 1.15. The molecule has 2 heterocycles. The molecule has 0 spiro atoms. The van der Waals surface area contributed by atoms with E-state index in [1.165, 1.54) is 26.6 Å². The van der Waals surface area contributed by atoms with Crippen molar-refractivity contribution in [1.29, 1.82) is 0 Å². The molecule has 2 saturated heterocycles. The Morgan fingerprint density at radius 2 is 2.42 bits per heavy atom. The van der Waals surface area contributed by atoms with E-state index in [1.807, 2.05) is 0 Å². The quantitative estimate of drug-likeness (QED) is 0.480. The van der Waals surface area contributed by atoms with Gasteiger partial charge in [0.1, 0.15) is 12.3 Å². The summed E-state index contributed by atoms with van der Waals surface area (Å²) in [5, 5.41) is 4.42. The maximum absolute atomic E-state index is 5.98. The third kappa shape index (κ3) is 1.31. The molecule has 2 fully saturated rings. The van der Waals surface area contributed by atoms with E-state index in [4.69, 9.17) is 11.6 Å². The predicted molar refractivity (Wildman–Crippen MR) is 48.3 cm³/mol. The van der Waals surface area contributed by atoms with E-state index in [0.717, 1.165) is 12.5 Å². The summed E-state index contributed by atoms with van der Waals surface area (Å²) in [5.41, 5.74) is 0. The van der Waals surface area contributed by atoms with Gasteiger partial charge in [-0.25, -0.2) is 0 Å². The molecule has 3 unspecified atom stereocenters. The van der Waals surface area contributed by atoms with E-state index in [9.17, 15) is 0 Å². The molecule has 0 N–H and O–H groups in total. The summed E-state index contributed by atoms with van der Waals surface area (Å²) >= 11 is 5.98. The monoisotopic (exact) mass is 188 g/mol. The number of fused-ring (bicyclic) bond motifs is 2. The van der Waals surface area contributed by atoms with E-state index < -0.39 is 0 Å². The Morgan fingerprint density at radius 3 is 2.92 bits per heavy atom. The Hall–Kier alpha value is -0.280. The molecule has 2 aliphatic heterocycles. The first-order valence-corrected chi connectivity index (χ1v) is 4.68. The summed E-state index contributed by atoms with van der Waals surface area (Å²) in [6.07, 6.45) is 1.26. The molecule has 4 heteroatoms. The molecule has 12 heavy (non-hydrogen) atoms. The lowest BCUT2D eigenvalue weighted by Crippen LogP contribution is -2.27. The number of nitrogens with zero attached hydrogens (tertiary/aromatic N) is 2. The Labute approximate surface area is 77.3 Å². The summed E-state index contributed by atoms with van der Waals surface area (Å²) in [4.78, 5) is 7.09. The van der Waals surface area contributed by atoms with Crippen LogP contribution in [0.5, 0.6) is 0 Å². The number of halogens is 1. The highest BCUT2D eigenvalue weighted by Crippen LogP contribution is 2.34. The summed E-state index contributed by atoms with van der Waals surface area (Å²) < 4.78 is 0. The van der Waals surface area contributed by atoms with Gasteiger partial charge in [0.15, 0.2) is 0 Å². The highest BCUT2D eigenvalue weighted by molar-refractivity contribution is 6.65. The number of hydrogen-bond donors (Lipinski definition) is 0. The normalized spacial score (nSPS) is 40.5. The van der Waals surface area contributed by atoms with E-state index in [0.29, 0.717) is 11.1 Å². The van der Waals surface area contributed by atoms with Crippen LogP contribution in [0.25, 0.3) is 0 Å². The predicted octanol–water partition coefficient (Wildman–Crippen LogP) is 1.14. The van der Waals surface area contributed by atoms with Crippen LogP contribution in [0.4, 0.5) is 0 Å². The van der Waals surface area contributed by atoms with E-state index >= 15 is 0 Å². The van der Waals surface area contributed by atoms with Crippen LogP contribution in [0.2, 0.25) is 0 Å². The first-order chi connectivity index (χ1) is 5.81. The lowest BCUT2D eigenvalue weighted by Gasteiger charge is -2.19. The van der Waals surface area contributed by atoms with Crippen molar-refractivity contribution in [3.05, 3.63) is 0 Å². The van der Waals surface area contributed by atoms with Crippen LogP contribution in [0, 0.1) is 11.8 Å². The largest absolute Gasteiger partial charge is 0.398 e. The topological polar surface area (TPSA) is 24.8 Å². The van der Waals surface area contributed by atoms with Gasteiger partial charge in [-0.3, -0.25) is 0 Å². The van der Waals surface area contributed by atoms with Gasteiger partial charge >= 0.3 is 0 Å². The van der Waals surface area contributed by atoms with Crippen molar-refractivity contribution in [2.45, 2.75) is 6.42 Å². The first kappa shape index (κ1) is 8.32. The standard InChI is InChI=1S/C8H13ClN2O/c1-12-10-8(9)7-5-11-3-2-6(7)4-11/h6-7H,2-5H2,1H3/b10-8-. The molecule has 0 amide bonds. The first-order valence-electron chi connectivity index (χ1n) is 4.30. The maximum atomic E-state index is 5.98. The Bertz CT molecular complexity index is 207. The van der Waals surface area contributed by atoms with Crippen LogP contribution >= 0.6 is 11.6 Å². The molecule has 0 radical (unpaired) electrons. The van der Waals surface area contributed by atoms with Gasteiger partial charge in [0.2, 0.25) is 0 Å². The molecule has 68 valence electrons. The third-order valence-corrected chi connectivity index (χ3v) is 3.17. The van der Waals surface area contributed by atoms with Crippen molar-refractivity contribution in [3.8, 4) is 0 Å². The van der Waals surface area contributed by atoms with Crippen LogP contribution in [0.15, 0.2) is 5.16 Å². The molecule has 2 aliphatic rings.